The van der Waals surface area contributed by atoms with E-state index < -0.39 is 18.1 Å². The van der Waals surface area contributed by atoms with E-state index in [-0.39, 0.29) is 18.2 Å². The Hall–Kier alpha value is -2.04. The van der Waals surface area contributed by atoms with Crippen molar-refractivity contribution in [2.45, 2.75) is 39.3 Å². The highest BCUT2D eigenvalue weighted by atomic mass is 16.5. The lowest BCUT2D eigenvalue weighted by atomic mass is 10.0. The number of carboxylic acids is 1. The predicted molar refractivity (Wildman–Crippen MR) is 75.6 cm³/mol. The molecular formula is C15H21NO4. The maximum absolute atomic E-state index is 12.0. The van der Waals surface area contributed by atoms with Crippen LogP contribution in [0.3, 0.4) is 0 Å². The van der Waals surface area contributed by atoms with E-state index in [1.54, 1.807) is 19.1 Å². The fourth-order valence-electron chi connectivity index (χ4n) is 1.70. The molecule has 0 radical (unpaired) electrons. The molecule has 5 heteroatoms. The van der Waals surface area contributed by atoms with E-state index in [2.05, 4.69) is 5.32 Å². The summed E-state index contributed by atoms with van der Waals surface area (Å²) in [6.45, 7) is 5.38. The zero-order chi connectivity index (χ0) is 15.1. The second kappa shape index (κ2) is 7.53. The Morgan fingerprint density at radius 2 is 1.80 bits per heavy atom. The zero-order valence-corrected chi connectivity index (χ0v) is 12.0. The fraction of sp³-hybridized carbons (Fsp3) is 0.467. The highest BCUT2D eigenvalue weighted by molar-refractivity contribution is 5.81. The maximum atomic E-state index is 12.0. The smallest absolute Gasteiger partial charge is 0.305 e. The summed E-state index contributed by atoms with van der Waals surface area (Å²) < 4.78 is 5.50. The third-order valence-corrected chi connectivity index (χ3v) is 2.95. The van der Waals surface area contributed by atoms with E-state index in [0.29, 0.717) is 5.75 Å². The van der Waals surface area contributed by atoms with Crippen molar-refractivity contribution in [3.05, 3.63) is 30.3 Å². The minimum absolute atomic E-state index is 0.0407. The van der Waals surface area contributed by atoms with Crippen molar-refractivity contribution in [1.82, 2.24) is 5.32 Å². The number of amides is 1. The summed E-state index contributed by atoms with van der Waals surface area (Å²) in [5.74, 6) is -0.595. The van der Waals surface area contributed by atoms with Crippen LogP contribution in [0.1, 0.15) is 27.2 Å². The van der Waals surface area contributed by atoms with Crippen LogP contribution in [-0.4, -0.2) is 29.1 Å². The van der Waals surface area contributed by atoms with Crippen molar-refractivity contribution < 1.29 is 19.4 Å². The standard InChI is InChI=1S/C15H21NO4/c1-10(2)13(9-14(17)18)16-15(19)11(3)20-12-7-5-4-6-8-12/h4-8,10-11,13H,9H2,1-3H3,(H,16,19)(H,17,18). The molecule has 0 bridgehead atoms. The molecule has 0 saturated carbocycles. The SMILES string of the molecule is CC(Oc1ccccc1)C(=O)NC(CC(=O)O)C(C)C. The zero-order valence-electron chi connectivity index (χ0n) is 12.0. The molecule has 0 heterocycles. The summed E-state index contributed by atoms with van der Waals surface area (Å²) in [5.41, 5.74) is 0. The molecule has 2 N–H and O–H groups in total. The largest absolute Gasteiger partial charge is 0.481 e. The van der Waals surface area contributed by atoms with Crippen LogP contribution in [0.15, 0.2) is 30.3 Å². The Kier molecular flexibility index (Phi) is 6.03. The number of hydrogen-bond acceptors (Lipinski definition) is 3. The van der Waals surface area contributed by atoms with E-state index in [1.165, 1.54) is 0 Å². The summed E-state index contributed by atoms with van der Waals surface area (Å²) >= 11 is 0. The number of rotatable bonds is 7. The van der Waals surface area contributed by atoms with Crippen LogP contribution in [0, 0.1) is 5.92 Å². The summed E-state index contributed by atoms with van der Waals surface area (Å²) in [4.78, 5) is 22.8. The molecule has 5 nitrogen and oxygen atoms in total. The molecule has 0 aromatic heterocycles. The van der Waals surface area contributed by atoms with Crippen LogP contribution in [-0.2, 0) is 9.59 Å². The van der Waals surface area contributed by atoms with Gasteiger partial charge in [0.1, 0.15) is 5.75 Å². The second-order valence-corrected chi connectivity index (χ2v) is 5.03. The van der Waals surface area contributed by atoms with Crippen LogP contribution in [0.5, 0.6) is 5.75 Å². The first-order valence-corrected chi connectivity index (χ1v) is 6.64. The molecule has 0 fully saturated rings. The lowest BCUT2D eigenvalue weighted by molar-refractivity contribution is -0.138. The van der Waals surface area contributed by atoms with Gasteiger partial charge in [0, 0.05) is 6.04 Å². The van der Waals surface area contributed by atoms with Crippen LogP contribution in [0.25, 0.3) is 0 Å². The quantitative estimate of drug-likeness (QED) is 0.801. The summed E-state index contributed by atoms with van der Waals surface area (Å²) in [6.07, 6.45) is -0.769. The van der Waals surface area contributed by atoms with Gasteiger partial charge in [-0.25, -0.2) is 0 Å². The lowest BCUT2D eigenvalue weighted by Crippen LogP contribution is -2.45. The van der Waals surface area contributed by atoms with E-state index >= 15 is 0 Å². The van der Waals surface area contributed by atoms with E-state index in [9.17, 15) is 9.59 Å². The molecule has 0 spiro atoms. The number of carbonyl (C=O) groups is 2. The fourth-order valence-corrected chi connectivity index (χ4v) is 1.70. The Balaban J connectivity index is 2.57. The molecule has 2 unspecified atom stereocenters. The molecule has 110 valence electrons. The van der Waals surface area contributed by atoms with Gasteiger partial charge in [-0.2, -0.15) is 0 Å². The minimum atomic E-state index is -0.930. The number of para-hydroxylation sites is 1. The van der Waals surface area contributed by atoms with Crippen molar-refractivity contribution in [2.75, 3.05) is 0 Å². The number of carboxylic acid groups (broad SMARTS) is 1. The summed E-state index contributed by atoms with van der Waals surface area (Å²) in [6, 6.07) is 8.63. The van der Waals surface area contributed by atoms with Crippen LogP contribution >= 0.6 is 0 Å². The molecule has 0 saturated heterocycles. The average Bonchev–Trinajstić information content (AvgIpc) is 2.38. The summed E-state index contributed by atoms with van der Waals surface area (Å²) in [7, 11) is 0. The molecule has 0 aliphatic heterocycles. The van der Waals surface area contributed by atoms with Crippen LogP contribution in [0.2, 0.25) is 0 Å². The first-order valence-electron chi connectivity index (χ1n) is 6.64. The second-order valence-electron chi connectivity index (χ2n) is 5.03. The van der Waals surface area contributed by atoms with Gasteiger partial charge in [0.25, 0.3) is 5.91 Å². The summed E-state index contributed by atoms with van der Waals surface area (Å²) in [5, 5.41) is 11.6. The van der Waals surface area contributed by atoms with Gasteiger partial charge in [-0.3, -0.25) is 9.59 Å². The molecule has 0 aliphatic carbocycles. The molecule has 2 atom stereocenters. The number of hydrogen-bond donors (Lipinski definition) is 2. The van der Waals surface area contributed by atoms with Crippen molar-refractivity contribution in [2.24, 2.45) is 5.92 Å². The van der Waals surface area contributed by atoms with Crippen LogP contribution < -0.4 is 10.1 Å². The molecule has 1 aromatic rings. The Bertz CT molecular complexity index is 444. The minimum Gasteiger partial charge on any atom is -0.481 e. The molecule has 1 rings (SSSR count). The highest BCUT2D eigenvalue weighted by Crippen LogP contribution is 2.12. The van der Waals surface area contributed by atoms with Gasteiger partial charge in [-0.1, -0.05) is 32.0 Å². The first kappa shape index (κ1) is 16.0. The van der Waals surface area contributed by atoms with Gasteiger partial charge >= 0.3 is 5.97 Å². The Morgan fingerprint density at radius 1 is 1.20 bits per heavy atom. The lowest BCUT2D eigenvalue weighted by Gasteiger charge is -2.23. The molecule has 1 amide bonds. The molecule has 20 heavy (non-hydrogen) atoms. The van der Waals surface area contributed by atoms with Gasteiger partial charge in [0.05, 0.1) is 6.42 Å². The van der Waals surface area contributed by atoms with E-state index in [0.717, 1.165) is 0 Å². The average molecular weight is 279 g/mol. The van der Waals surface area contributed by atoms with E-state index in [1.807, 2.05) is 32.0 Å². The van der Waals surface area contributed by atoms with Crippen LogP contribution in [0.4, 0.5) is 0 Å². The van der Waals surface area contributed by atoms with Gasteiger partial charge in [0.15, 0.2) is 6.10 Å². The third-order valence-electron chi connectivity index (χ3n) is 2.95. The molecule has 0 aliphatic rings. The Morgan fingerprint density at radius 3 is 2.30 bits per heavy atom. The molecular weight excluding hydrogens is 258 g/mol. The first-order chi connectivity index (χ1) is 9.40. The van der Waals surface area contributed by atoms with Crippen molar-refractivity contribution in [1.29, 1.82) is 0 Å². The van der Waals surface area contributed by atoms with Gasteiger partial charge < -0.3 is 15.2 Å². The number of aliphatic carboxylic acids is 1. The maximum Gasteiger partial charge on any atom is 0.305 e. The normalized spacial score (nSPS) is 13.6. The number of benzene rings is 1. The number of ether oxygens (including phenoxy) is 1. The molecule has 1 aromatic carbocycles. The van der Waals surface area contributed by atoms with Crippen molar-refractivity contribution in [3.63, 3.8) is 0 Å². The Labute approximate surface area is 118 Å². The van der Waals surface area contributed by atoms with Gasteiger partial charge in [-0.05, 0) is 25.0 Å². The number of carbonyl (C=O) groups excluding carboxylic acids is 1. The van der Waals surface area contributed by atoms with Gasteiger partial charge in [0.2, 0.25) is 0 Å². The third kappa shape index (κ3) is 5.30. The van der Waals surface area contributed by atoms with Crippen molar-refractivity contribution in [3.8, 4) is 5.75 Å². The van der Waals surface area contributed by atoms with E-state index in [4.69, 9.17) is 9.84 Å². The number of nitrogens with one attached hydrogen (secondary N) is 1. The monoisotopic (exact) mass is 279 g/mol. The highest BCUT2D eigenvalue weighted by Gasteiger charge is 2.23. The van der Waals surface area contributed by atoms with Crippen molar-refractivity contribution >= 4 is 11.9 Å². The van der Waals surface area contributed by atoms with Gasteiger partial charge in [-0.15, -0.1) is 0 Å². The predicted octanol–water partition coefficient (Wildman–Crippen LogP) is 2.07. The topological polar surface area (TPSA) is 75.6 Å².